The standard InChI is InChI=1S/C12H18N2O3/c1-7(6-8-4-5-13-11(8)16)10(15)12(17)14-9-2-3-9/h7-9H,2-6H2,1H3,(H,13,16)(H,14,17). The maximum atomic E-state index is 11.8. The van der Waals surface area contributed by atoms with Crippen molar-refractivity contribution in [2.45, 2.75) is 38.6 Å². The summed E-state index contributed by atoms with van der Waals surface area (Å²) in [7, 11) is 0. The zero-order chi connectivity index (χ0) is 12.4. The van der Waals surface area contributed by atoms with E-state index in [-0.39, 0.29) is 23.8 Å². The number of nitrogens with one attached hydrogen (secondary N) is 2. The number of amides is 2. The first kappa shape index (κ1) is 12.1. The first-order chi connectivity index (χ1) is 8.08. The lowest BCUT2D eigenvalue weighted by molar-refractivity contribution is -0.140. The Morgan fingerprint density at radius 2 is 2.12 bits per heavy atom. The summed E-state index contributed by atoms with van der Waals surface area (Å²) in [5, 5.41) is 5.42. The summed E-state index contributed by atoms with van der Waals surface area (Å²) in [4.78, 5) is 34.7. The molecule has 1 aliphatic carbocycles. The van der Waals surface area contributed by atoms with Gasteiger partial charge in [-0.3, -0.25) is 14.4 Å². The lowest BCUT2D eigenvalue weighted by Crippen LogP contribution is -2.36. The molecule has 17 heavy (non-hydrogen) atoms. The van der Waals surface area contributed by atoms with E-state index in [1.54, 1.807) is 6.92 Å². The van der Waals surface area contributed by atoms with Gasteiger partial charge in [0.05, 0.1) is 0 Å². The molecule has 5 heteroatoms. The fourth-order valence-corrected chi connectivity index (χ4v) is 2.11. The fraction of sp³-hybridized carbons (Fsp3) is 0.750. The van der Waals surface area contributed by atoms with Crippen molar-refractivity contribution < 1.29 is 14.4 Å². The van der Waals surface area contributed by atoms with Crippen molar-refractivity contribution in [1.82, 2.24) is 10.6 Å². The monoisotopic (exact) mass is 238 g/mol. The normalized spacial score (nSPS) is 25.2. The third-order valence-corrected chi connectivity index (χ3v) is 3.38. The van der Waals surface area contributed by atoms with Crippen LogP contribution in [0.4, 0.5) is 0 Å². The third-order valence-electron chi connectivity index (χ3n) is 3.38. The summed E-state index contributed by atoms with van der Waals surface area (Å²) in [6.07, 6.45) is 3.18. The maximum absolute atomic E-state index is 11.8. The van der Waals surface area contributed by atoms with Crippen LogP contribution in [-0.2, 0) is 14.4 Å². The average Bonchev–Trinajstić information content (AvgIpc) is 3.02. The molecule has 94 valence electrons. The van der Waals surface area contributed by atoms with E-state index in [1.807, 2.05) is 0 Å². The molecule has 0 aromatic carbocycles. The van der Waals surface area contributed by atoms with Crippen molar-refractivity contribution >= 4 is 17.6 Å². The second-order valence-corrected chi connectivity index (χ2v) is 5.03. The van der Waals surface area contributed by atoms with Crippen molar-refractivity contribution in [2.24, 2.45) is 11.8 Å². The number of Topliss-reactive ketones (excluding diaryl/α,β-unsaturated/α-hetero) is 1. The quantitative estimate of drug-likeness (QED) is 0.662. The number of hydrogen-bond donors (Lipinski definition) is 2. The van der Waals surface area contributed by atoms with E-state index in [2.05, 4.69) is 10.6 Å². The van der Waals surface area contributed by atoms with Gasteiger partial charge in [0.25, 0.3) is 5.91 Å². The Morgan fingerprint density at radius 1 is 1.41 bits per heavy atom. The van der Waals surface area contributed by atoms with Gasteiger partial charge in [0, 0.05) is 24.4 Å². The SMILES string of the molecule is CC(CC1CCNC1=O)C(=O)C(=O)NC1CC1. The lowest BCUT2D eigenvalue weighted by atomic mass is 9.91. The first-order valence-corrected chi connectivity index (χ1v) is 6.20. The zero-order valence-electron chi connectivity index (χ0n) is 9.99. The highest BCUT2D eigenvalue weighted by Crippen LogP contribution is 2.21. The second kappa shape index (κ2) is 4.85. The molecule has 5 nitrogen and oxygen atoms in total. The number of ketones is 1. The van der Waals surface area contributed by atoms with E-state index >= 15 is 0 Å². The predicted molar refractivity (Wildman–Crippen MR) is 61.1 cm³/mol. The molecule has 1 saturated carbocycles. The maximum Gasteiger partial charge on any atom is 0.287 e. The van der Waals surface area contributed by atoms with E-state index in [4.69, 9.17) is 0 Å². The molecular formula is C12H18N2O3. The van der Waals surface area contributed by atoms with Crippen LogP contribution >= 0.6 is 0 Å². The molecule has 2 amide bonds. The van der Waals surface area contributed by atoms with Crippen molar-refractivity contribution in [2.75, 3.05) is 6.54 Å². The summed E-state index contributed by atoms with van der Waals surface area (Å²) in [5.74, 6) is -1.35. The minimum atomic E-state index is -0.488. The van der Waals surface area contributed by atoms with E-state index < -0.39 is 11.7 Å². The highest BCUT2D eigenvalue weighted by atomic mass is 16.2. The molecule has 1 saturated heterocycles. The molecule has 2 N–H and O–H groups in total. The zero-order valence-corrected chi connectivity index (χ0v) is 9.99. The molecule has 2 fully saturated rings. The topological polar surface area (TPSA) is 75.3 Å². The van der Waals surface area contributed by atoms with Gasteiger partial charge in [-0.15, -0.1) is 0 Å². The summed E-state index contributed by atoms with van der Waals surface area (Å²) < 4.78 is 0. The van der Waals surface area contributed by atoms with Crippen LogP contribution in [0, 0.1) is 11.8 Å². The minimum absolute atomic E-state index is 0.00671. The second-order valence-electron chi connectivity index (χ2n) is 5.03. The molecule has 2 aliphatic rings. The molecule has 1 heterocycles. The van der Waals surface area contributed by atoms with Crippen LogP contribution in [0.25, 0.3) is 0 Å². The van der Waals surface area contributed by atoms with E-state index in [1.165, 1.54) is 0 Å². The van der Waals surface area contributed by atoms with Gasteiger partial charge in [-0.25, -0.2) is 0 Å². The van der Waals surface area contributed by atoms with Crippen LogP contribution in [0.15, 0.2) is 0 Å². The third kappa shape index (κ3) is 3.05. The summed E-state index contributed by atoms with van der Waals surface area (Å²) >= 11 is 0. The summed E-state index contributed by atoms with van der Waals surface area (Å²) in [5.41, 5.74) is 0. The predicted octanol–water partition coefficient (Wildman–Crippen LogP) is -0.00360. The number of carbonyl (C=O) groups excluding carboxylic acids is 3. The van der Waals surface area contributed by atoms with Crippen molar-refractivity contribution in [3.05, 3.63) is 0 Å². The van der Waals surface area contributed by atoms with Crippen LogP contribution in [-0.4, -0.2) is 30.2 Å². The van der Waals surface area contributed by atoms with E-state index in [0.29, 0.717) is 13.0 Å². The molecule has 2 rings (SSSR count). The molecule has 0 radical (unpaired) electrons. The number of hydrogen-bond acceptors (Lipinski definition) is 3. The Kier molecular flexibility index (Phi) is 3.45. The Hall–Kier alpha value is -1.39. The van der Waals surface area contributed by atoms with Crippen LogP contribution in [0.1, 0.15) is 32.6 Å². The molecule has 1 aliphatic heterocycles. The first-order valence-electron chi connectivity index (χ1n) is 6.20. The molecular weight excluding hydrogens is 220 g/mol. The van der Waals surface area contributed by atoms with Crippen LogP contribution < -0.4 is 10.6 Å². The van der Waals surface area contributed by atoms with Crippen molar-refractivity contribution in [3.63, 3.8) is 0 Å². The van der Waals surface area contributed by atoms with Gasteiger partial charge in [-0.05, 0) is 25.7 Å². The molecule has 0 bridgehead atoms. The van der Waals surface area contributed by atoms with Gasteiger partial charge in [-0.2, -0.15) is 0 Å². The van der Waals surface area contributed by atoms with Crippen LogP contribution in [0.3, 0.4) is 0 Å². The highest BCUT2D eigenvalue weighted by Gasteiger charge is 2.32. The molecule has 0 spiro atoms. The fourth-order valence-electron chi connectivity index (χ4n) is 2.11. The number of rotatable bonds is 5. The Balaban J connectivity index is 1.81. The van der Waals surface area contributed by atoms with Crippen molar-refractivity contribution in [1.29, 1.82) is 0 Å². The van der Waals surface area contributed by atoms with Crippen molar-refractivity contribution in [3.8, 4) is 0 Å². The van der Waals surface area contributed by atoms with Gasteiger partial charge in [0.2, 0.25) is 11.7 Å². The van der Waals surface area contributed by atoms with Gasteiger partial charge < -0.3 is 10.6 Å². The van der Waals surface area contributed by atoms with Gasteiger partial charge in [0.15, 0.2) is 0 Å². The smallest absolute Gasteiger partial charge is 0.287 e. The Morgan fingerprint density at radius 3 is 2.65 bits per heavy atom. The van der Waals surface area contributed by atoms with Gasteiger partial charge >= 0.3 is 0 Å². The Bertz CT molecular complexity index is 350. The number of carbonyl (C=O) groups is 3. The molecule has 2 unspecified atom stereocenters. The summed E-state index contributed by atoms with van der Waals surface area (Å²) in [6, 6.07) is 0.202. The minimum Gasteiger partial charge on any atom is -0.356 e. The molecule has 2 atom stereocenters. The lowest BCUT2D eigenvalue weighted by Gasteiger charge is -2.13. The average molecular weight is 238 g/mol. The van der Waals surface area contributed by atoms with Crippen LogP contribution in [0.2, 0.25) is 0 Å². The van der Waals surface area contributed by atoms with E-state index in [9.17, 15) is 14.4 Å². The van der Waals surface area contributed by atoms with Gasteiger partial charge in [-0.1, -0.05) is 6.92 Å². The summed E-state index contributed by atoms with van der Waals surface area (Å²) in [6.45, 7) is 2.40. The molecule has 0 aromatic heterocycles. The van der Waals surface area contributed by atoms with Gasteiger partial charge in [0.1, 0.15) is 0 Å². The Labute approximate surface area is 100 Å². The largest absolute Gasteiger partial charge is 0.356 e. The van der Waals surface area contributed by atoms with E-state index in [0.717, 1.165) is 19.3 Å². The molecule has 0 aromatic rings. The highest BCUT2D eigenvalue weighted by molar-refractivity contribution is 6.37. The van der Waals surface area contributed by atoms with Crippen LogP contribution in [0.5, 0.6) is 0 Å².